The Morgan fingerprint density at radius 2 is 1.70 bits per heavy atom. The molecule has 110 valence electrons. The van der Waals surface area contributed by atoms with Gasteiger partial charge in [0, 0.05) is 25.2 Å². The van der Waals surface area contributed by atoms with Gasteiger partial charge in [0.2, 0.25) is 10.0 Å². The van der Waals surface area contributed by atoms with E-state index in [0.29, 0.717) is 0 Å². The summed E-state index contributed by atoms with van der Waals surface area (Å²) in [6.07, 6.45) is -0.349. The number of ether oxygens (including phenoxy) is 1. The second-order valence-electron chi connectivity index (χ2n) is 4.83. The average molecular weight is 300 g/mol. The molecular weight excluding hydrogens is 284 g/mol. The van der Waals surface area contributed by atoms with Gasteiger partial charge < -0.3 is 4.74 Å². The average Bonchev–Trinajstić information content (AvgIpc) is 2.37. The van der Waals surface area contributed by atoms with Crippen LogP contribution in [0.4, 0.5) is 5.69 Å². The van der Waals surface area contributed by atoms with E-state index in [1.54, 1.807) is 0 Å². The Morgan fingerprint density at radius 3 is 2.15 bits per heavy atom. The Bertz CT molecular complexity index is 589. The summed E-state index contributed by atoms with van der Waals surface area (Å²) < 4.78 is 31.8. The summed E-state index contributed by atoms with van der Waals surface area (Å²) in [5, 5.41) is 10.6. The zero-order valence-corrected chi connectivity index (χ0v) is 12.0. The van der Waals surface area contributed by atoms with Gasteiger partial charge in [0.25, 0.3) is 5.69 Å². The van der Waals surface area contributed by atoms with Gasteiger partial charge in [0.05, 0.1) is 22.0 Å². The van der Waals surface area contributed by atoms with E-state index in [9.17, 15) is 18.5 Å². The highest BCUT2D eigenvalue weighted by molar-refractivity contribution is 7.89. The van der Waals surface area contributed by atoms with Crippen molar-refractivity contribution in [3.05, 3.63) is 34.4 Å². The molecule has 0 N–H and O–H groups in total. The standard InChI is InChI=1S/C12H16N2O5S/c1-9-7-13(8-10(2)19-9)20(17,18)12-5-3-11(4-6-12)14(15)16/h3-6,9-10H,7-8H2,1-2H3/t9-,10+. The van der Waals surface area contributed by atoms with Crippen molar-refractivity contribution >= 4 is 15.7 Å². The summed E-state index contributed by atoms with van der Waals surface area (Å²) in [5.41, 5.74) is -0.132. The molecule has 0 amide bonds. The lowest BCUT2D eigenvalue weighted by Gasteiger charge is -2.34. The van der Waals surface area contributed by atoms with Crippen LogP contribution in [0.25, 0.3) is 0 Å². The smallest absolute Gasteiger partial charge is 0.269 e. The first-order chi connectivity index (χ1) is 9.30. The first kappa shape index (κ1) is 14.9. The van der Waals surface area contributed by atoms with Crippen LogP contribution in [0.1, 0.15) is 13.8 Å². The number of nitrogens with zero attached hydrogens (tertiary/aromatic N) is 2. The van der Waals surface area contributed by atoms with Crippen LogP contribution in [0.15, 0.2) is 29.2 Å². The SMILES string of the molecule is C[C@@H]1CN(S(=O)(=O)c2ccc([N+](=O)[O-])cc2)C[C@H](C)O1. The molecule has 0 bridgehead atoms. The molecule has 0 aromatic heterocycles. The molecule has 0 aliphatic carbocycles. The molecule has 1 fully saturated rings. The summed E-state index contributed by atoms with van der Waals surface area (Å²) in [7, 11) is -3.64. The van der Waals surface area contributed by atoms with Crippen LogP contribution in [0, 0.1) is 10.1 Å². The van der Waals surface area contributed by atoms with E-state index in [0.717, 1.165) is 0 Å². The number of nitro groups is 1. The largest absolute Gasteiger partial charge is 0.373 e. The summed E-state index contributed by atoms with van der Waals surface area (Å²) in [4.78, 5) is 10.1. The van der Waals surface area contributed by atoms with E-state index in [2.05, 4.69) is 0 Å². The quantitative estimate of drug-likeness (QED) is 0.621. The number of benzene rings is 1. The monoisotopic (exact) mass is 300 g/mol. The van der Waals surface area contributed by atoms with E-state index >= 15 is 0 Å². The fourth-order valence-electron chi connectivity index (χ4n) is 2.22. The first-order valence-electron chi connectivity index (χ1n) is 6.21. The lowest BCUT2D eigenvalue weighted by molar-refractivity contribution is -0.384. The van der Waals surface area contributed by atoms with Gasteiger partial charge in [-0.3, -0.25) is 10.1 Å². The minimum absolute atomic E-state index is 0.0596. The maximum absolute atomic E-state index is 12.5. The van der Waals surface area contributed by atoms with Gasteiger partial charge in [-0.05, 0) is 26.0 Å². The Hall–Kier alpha value is -1.51. The van der Waals surface area contributed by atoms with Gasteiger partial charge >= 0.3 is 0 Å². The third-order valence-electron chi connectivity index (χ3n) is 3.07. The summed E-state index contributed by atoms with van der Waals surface area (Å²) in [6, 6.07) is 4.91. The van der Waals surface area contributed by atoms with Gasteiger partial charge in [-0.15, -0.1) is 0 Å². The molecule has 1 aromatic rings. The van der Waals surface area contributed by atoms with Crippen molar-refractivity contribution in [2.24, 2.45) is 0 Å². The van der Waals surface area contributed by atoms with Gasteiger partial charge in [0.1, 0.15) is 0 Å². The van der Waals surface area contributed by atoms with Gasteiger partial charge in [-0.2, -0.15) is 4.31 Å². The number of hydrogen-bond donors (Lipinski definition) is 0. The topological polar surface area (TPSA) is 89.8 Å². The minimum Gasteiger partial charge on any atom is -0.373 e. The number of sulfonamides is 1. The highest BCUT2D eigenvalue weighted by Gasteiger charge is 2.32. The Labute approximate surface area is 117 Å². The second kappa shape index (κ2) is 5.47. The van der Waals surface area contributed by atoms with Crippen LogP contribution in [-0.4, -0.2) is 42.9 Å². The molecular formula is C12H16N2O5S. The van der Waals surface area contributed by atoms with Crippen molar-refractivity contribution in [2.75, 3.05) is 13.1 Å². The highest BCUT2D eigenvalue weighted by atomic mass is 32.2. The number of non-ortho nitro benzene ring substituents is 1. The second-order valence-corrected chi connectivity index (χ2v) is 6.77. The summed E-state index contributed by atoms with van der Waals surface area (Å²) in [6.45, 7) is 4.19. The van der Waals surface area contributed by atoms with Crippen LogP contribution < -0.4 is 0 Å². The summed E-state index contributed by atoms with van der Waals surface area (Å²) in [5.74, 6) is 0. The molecule has 0 spiro atoms. The molecule has 0 saturated carbocycles. The highest BCUT2D eigenvalue weighted by Crippen LogP contribution is 2.22. The maximum atomic E-state index is 12.5. The third kappa shape index (κ3) is 2.97. The van der Waals surface area contributed by atoms with Crippen molar-refractivity contribution < 1.29 is 18.1 Å². The van der Waals surface area contributed by atoms with E-state index in [1.165, 1.54) is 28.6 Å². The lowest BCUT2D eigenvalue weighted by Crippen LogP contribution is -2.48. The molecule has 20 heavy (non-hydrogen) atoms. The van der Waals surface area contributed by atoms with E-state index in [4.69, 9.17) is 4.74 Å². The predicted octanol–water partition coefficient (Wildman–Crippen LogP) is 1.39. The van der Waals surface area contributed by atoms with Crippen LogP contribution in [-0.2, 0) is 14.8 Å². The van der Waals surface area contributed by atoms with Crippen molar-refractivity contribution in [1.82, 2.24) is 4.31 Å². The molecule has 1 heterocycles. The number of hydrogen-bond acceptors (Lipinski definition) is 5. The fourth-order valence-corrected chi connectivity index (χ4v) is 3.81. The van der Waals surface area contributed by atoms with Crippen LogP contribution in [0.2, 0.25) is 0 Å². The van der Waals surface area contributed by atoms with E-state index in [-0.39, 0.29) is 35.9 Å². The lowest BCUT2D eigenvalue weighted by atomic mass is 10.3. The molecule has 7 nitrogen and oxygen atoms in total. The predicted molar refractivity (Wildman–Crippen MR) is 71.9 cm³/mol. The van der Waals surface area contributed by atoms with Crippen molar-refractivity contribution in [3.8, 4) is 0 Å². The Kier molecular flexibility index (Phi) is 4.07. The molecule has 2 rings (SSSR count). The van der Waals surface area contributed by atoms with E-state index < -0.39 is 14.9 Å². The van der Waals surface area contributed by atoms with Crippen molar-refractivity contribution in [3.63, 3.8) is 0 Å². The molecule has 0 unspecified atom stereocenters. The Balaban J connectivity index is 2.27. The molecule has 0 radical (unpaired) electrons. The number of nitro benzene ring substituents is 1. The molecule has 2 atom stereocenters. The van der Waals surface area contributed by atoms with Gasteiger partial charge in [-0.1, -0.05) is 0 Å². The zero-order valence-electron chi connectivity index (χ0n) is 11.2. The molecule has 8 heteroatoms. The summed E-state index contributed by atoms with van der Waals surface area (Å²) >= 11 is 0. The van der Waals surface area contributed by atoms with E-state index in [1.807, 2.05) is 13.8 Å². The number of rotatable bonds is 3. The molecule has 1 aromatic carbocycles. The fraction of sp³-hybridized carbons (Fsp3) is 0.500. The van der Waals surface area contributed by atoms with Crippen LogP contribution in [0.3, 0.4) is 0 Å². The zero-order chi connectivity index (χ0) is 14.9. The van der Waals surface area contributed by atoms with Gasteiger partial charge in [0.15, 0.2) is 0 Å². The third-order valence-corrected chi connectivity index (χ3v) is 4.92. The van der Waals surface area contributed by atoms with Crippen molar-refractivity contribution in [2.45, 2.75) is 31.0 Å². The normalized spacial score (nSPS) is 24.5. The van der Waals surface area contributed by atoms with Crippen LogP contribution in [0.5, 0.6) is 0 Å². The minimum atomic E-state index is -3.64. The number of morpholine rings is 1. The first-order valence-corrected chi connectivity index (χ1v) is 7.65. The maximum Gasteiger partial charge on any atom is 0.269 e. The van der Waals surface area contributed by atoms with Crippen LogP contribution >= 0.6 is 0 Å². The molecule has 1 saturated heterocycles. The Morgan fingerprint density at radius 1 is 1.20 bits per heavy atom. The molecule has 1 aliphatic rings. The van der Waals surface area contributed by atoms with Crippen molar-refractivity contribution in [1.29, 1.82) is 0 Å². The molecule has 1 aliphatic heterocycles. The van der Waals surface area contributed by atoms with Gasteiger partial charge in [-0.25, -0.2) is 8.42 Å².